The van der Waals surface area contributed by atoms with E-state index in [1.807, 2.05) is 0 Å². The van der Waals surface area contributed by atoms with Crippen LogP contribution in [0.2, 0.25) is 0 Å². The monoisotopic (exact) mass is 222 g/mol. The molecule has 1 N–H and O–H groups in total. The van der Waals surface area contributed by atoms with E-state index in [2.05, 4.69) is 17.2 Å². The predicted octanol–water partition coefficient (Wildman–Crippen LogP) is 2.00. The third kappa shape index (κ3) is 2.78. The molecule has 1 unspecified atom stereocenters. The van der Waals surface area contributed by atoms with Gasteiger partial charge in [0.15, 0.2) is 0 Å². The van der Waals surface area contributed by atoms with Crippen LogP contribution in [-0.4, -0.2) is 17.4 Å². The van der Waals surface area contributed by atoms with Crippen molar-refractivity contribution in [3.05, 3.63) is 29.8 Å². The first-order valence-electron chi connectivity index (χ1n) is 5.56. The number of rotatable bonds is 4. The number of hydrogen-bond donors (Lipinski definition) is 1. The predicted molar refractivity (Wildman–Crippen MR) is 58.4 cm³/mol. The number of nitrogens with one attached hydrogen (secondary N) is 1. The standard InChI is InChI=1S/C12H15FN2O/c1-8(9-2-3-9)7-15-12(16)10-4-5-14-11(13)6-10/h4-6,8-9H,2-3,7H2,1H3,(H,15,16). The van der Waals surface area contributed by atoms with E-state index in [0.717, 1.165) is 12.0 Å². The zero-order valence-corrected chi connectivity index (χ0v) is 9.24. The molecule has 16 heavy (non-hydrogen) atoms. The van der Waals surface area contributed by atoms with Gasteiger partial charge >= 0.3 is 0 Å². The number of nitrogens with zero attached hydrogens (tertiary/aromatic N) is 1. The molecule has 0 spiro atoms. The minimum Gasteiger partial charge on any atom is -0.352 e. The van der Waals surface area contributed by atoms with Crippen molar-refractivity contribution in [1.29, 1.82) is 0 Å². The molecule has 2 rings (SSSR count). The Bertz CT molecular complexity index is 390. The first-order valence-corrected chi connectivity index (χ1v) is 5.56. The largest absolute Gasteiger partial charge is 0.352 e. The summed E-state index contributed by atoms with van der Waals surface area (Å²) in [7, 11) is 0. The Hall–Kier alpha value is -1.45. The third-order valence-corrected chi connectivity index (χ3v) is 3.00. The molecule has 4 heteroatoms. The summed E-state index contributed by atoms with van der Waals surface area (Å²) in [6.07, 6.45) is 3.83. The highest BCUT2D eigenvalue weighted by Gasteiger charge is 2.27. The molecule has 0 radical (unpaired) electrons. The van der Waals surface area contributed by atoms with Crippen LogP contribution in [0.4, 0.5) is 4.39 Å². The van der Waals surface area contributed by atoms with E-state index < -0.39 is 5.95 Å². The lowest BCUT2D eigenvalue weighted by Gasteiger charge is -2.11. The number of aromatic nitrogens is 1. The molecule has 0 aliphatic heterocycles. The van der Waals surface area contributed by atoms with Gasteiger partial charge < -0.3 is 5.32 Å². The zero-order chi connectivity index (χ0) is 11.5. The van der Waals surface area contributed by atoms with Gasteiger partial charge in [-0.3, -0.25) is 4.79 Å². The van der Waals surface area contributed by atoms with E-state index in [9.17, 15) is 9.18 Å². The van der Waals surface area contributed by atoms with Crippen molar-refractivity contribution in [2.75, 3.05) is 6.54 Å². The molecule has 0 saturated heterocycles. The summed E-state index contributed by atoms with van der Waals surface area (Å²) in [5, 5.41) is 2.81. The van der Waals surface area contributed by atoms with Crippen molar-refractivity contribution in [1.82, 2.24) is 10.3 Å². The van der Waals surface area contributed by atoms with Gasteiger partial charge in [-0.15, -0.1) is 0 Å². The van der Waals surface area contributed by atoms with E-state index in [-0.39, 0.29) is 5.91 Å². The van der Waals surface area contributed by atoms with Crippen molar-refractivity contribution >= 4 is 5.91 Å². The quantitative estimate of drug-likeness (QED) is 0.792. The maximum Gasteiger partial charge on any atom is 0.251 e. The summed E-state index contributed by atoms with van der Waals surface area (Å²) in [5.74, 6) is 0.418. The van der Waals surface area contributed by atoms with Crippen LogP contribution in [0.25, 0.3) is 0 Å². The minimum atomic E-state index is -0.622. The highest BCUT2D eigenvalue weighted by molar-refractivity contribution is 5.93. The van der Waals surface area contributed by atoms with Gasteiger partial charge in [0.1, 0.15) is 0 Å². The van der Waals surface area contributed by atoms with Crippen molar-refractivity contribution < 1.29 is 9.18 Å². The Morgan fingerprint density at radius 2 is 2.44 bits per heavy atom. The molecule has 0 aromatic carbocycles. The van der Waals surface area contributed by atoms with Gasteiger partial charge in [0.25, 0.3) is 5.91 Å². The van der Waals surface area contributed by atoms with Gasteiger partial charge in [0.05, 0.1) is 0 Å². The number of hydrogen-bond acceptors (Lipinski definition) is 2. The Balaban J connectivity index is 1.87. The SMILES string of the molecule is CC(CNC(=O)c1ccnc(F)c1)C1CC1. The second-order valence-corrected chi connectivity index (χ2v) is 4.39. The van der Waals surface area contributed by atoms with Crippen molar-refractivity contribution in [3.8, 4) is 0 Å². The fraction of sp³-hybridized carbons (Fsp3) is 0.500. The summed E-state index contributed by atoms with van der Waals surface area (Å²) in [6.45, 7) is 2.79. The number of carbonyl (C=O) groups is 1. The molecule has 0 bridgehead atoms. The van der Waals surface area contributed by atoms with Crippen molar-refractivity contribution in [3.63, 3.8) is 0 Å². The Morgan fingerprint density at radius 3 is 3.06 bits per heavy atom. The molecular weight excluding hydrogens is 207 g/mol. The molecular formula is C12H15FN2O. The smallest absolute Gasteiger partial charge is 0.251 e. The normalized spacial score (nSPS) is 16.9. The van der Waals surface area contributed by atoms with E-state index in [0.29, 0.717) is 18.0 Å². The second-order valence-electron chi connectivity index (χ2n) is 4.39. The van der Waals surface area contributed by atoms with Crippen LogP contribution < -0.4 is 5.32 Å². The Labute approximate surface area is 94.1 Å². The van der Waals surface area contributed by atoms with Gasteiger partial charge in [-0.25, -0.2) is 4.98 Å². The van der Waals surface area contributed by atoms with Gasteiger partial charge in [-0.05, 0) is 30.7 Å². The number of carbonyl (C=O) groups excluding carboxylic acids is 1. The first-order chi connectivity index (χ1) is 7.66. The van der Waals surface area contributed by atoms with Crippen LogP contribution in [-0.2, 0) is 0 Å². The summed E-state index contributed by atoms with van der Waals surface area (Å²) < 4.78 is 12.8. The molecule has 1 aromatic rings. The number of halogens is 1. The molecule has 1 atom stereocenters. The first kappa shape index (κ1) is 11.0. The van der Waals surface area contributed by atoms with Crippen LogP contribution in [0.15, 0.2) is 18.3 Å². The van der Waals surface area contributed by atoms with E-state index in [1.54, 1.807) is 0 Å². The van der Waals surface area contributed by atoms with Crippen molar-refractivity contribution in [2.45, 2.75) is 19.8 Å². The molecule has 1 amide bonds. The Kier molecular flexibility index (Phi) is 3.17. The average molecular weight is 222 g/mol. The molecule has 1 aliphatic rings. The van der Waals surface area contributed by atoms with E-state index in [4.69, 9.17) is 0 Å². The maximum atomic E-state index is 12.8. The summed E-state index contributed by atoms with van der Waals surface area (Å²) in [4.78, 5) is 15.0. The molecule has 1 aromatic heterocycles. The van der Waals surface area contributed by atoms with Crippen LogP contribution in [0.3, 0.4) is 0 Å². The highest BCUT2D eigenvalue weighted by Crippen LogP contribution is 2.36. The fourth-order valence-corrected chi connectivity index (χ4v) is 1.73. The molecule has 86 valence electrons. The summed E-state index contributed by atoms with van der Waals surface area (Å²) in [6, 6.07) is 2.66. The highest BCUT2D eigenvalue weighted by atomic mass is 19.1. The van der Waals surface area contributed by atoms with Crippen molar-refractivity contribution in [2.24, 2.45) is 11.8 Å². The molecule has 1 aliphatic carbocycles. The lowest BCUT2D eigenvalue weighted by Crippen LogP contribution is -2.29. The average Bonchev–Trinajstić information content (AvgIpc) is 3.09. The molecule has 1 fully saturated rings. The van der Waals surface area contributed by atoms with E-state index in [1.165, 1.54) is 25.1 Å². The molecule has 1 saturated carbocycles. The van der Waals surface area contributed by atoms with Gasteiger partial charge in [-0.1, -0.05) is 6.92 Å². The lowest BCUT2D eigenvalue weighted by molar-refractivity contribution is 0.0946. The molecule has 3 nitrogen and oxygen atoms in total. The summed E-state index contributed by atoms with van der Waals surface area (Å²) >= 11 is 0. The van der Waals surface area contributed by atoms with Crippen LogP contribution in [0.1, 0.15) is 30.1 Å². The molecule has 1 heterocycles. The maximum absolute atomic E-state index is 12.8. The zero-order valence-electron chi connectivity index (χ0n) is 9.24. The van der Waals surface area contributed by atoms with Crippen LogP contribution in [0.5, 0.6) is 0 Å². The fourth-order valence-electron chi connectivity index (χ4n) is 1.73. The van der Waals surface area contributed by atoms with E-state index >= 15 is 0 Å². The number of pyridine rings is 1. The van der Waals surface area contributed by atoms with Crippen LogP contribution >= 0.6 is 0 Å². The summed E-state index contributed by atoms with van der Waals surface area (Å²) in [5.41, 5.74) is 0.329. The minimum absolute atomic E-state index is 0.228. The van der Waals surface area contributed by atoms with Gasteiger partial charge in [0.2, 0.25) is 5.95 Å². The van der Waals surface area contributed by atoms with Crippen LogP contribution in [0, 0.1) is 17.8 Å². The topological polar surface area (TPSA) is 42.0 Å². The second kappa shape index (κ2) is 4.60. The Morgan fingerprint density at radius 1 is 1.69 bits per heavy atom. The van der Waals surface area contributed by atoms with Gasteiger partial charge in [0, 0.05) is 24.4 Å². The third-order valence-electron chi connectivity index (χ3n) is 3.00. The number of amides is 1. The van der Waals surface area contributed by atoms with Gasteiger partial charge in [-0.2, -0.15) is 4.39 Å². The lowest BCUT2D eigenvalue weighted by atomic mass is 10.1.